The highest BCUT2D eigenvalue weighted by Crippen LogP contribution is 2.31. The largest absolute Gasteiger partial charge is 0.428 e. The molecule has 0 radical (unpaired) electrons. The molecule has 0 saturated carbocycles. The van der Waals surface area contributed by atoms with E-state index in [4.69, 9.17) is 4.42 Å². The summed E-state index contributed by atoms with van der Waals surface area (Å²) in [6.07, 6.45) is 1.61. The molecule has 1 aliphatic heterocycles. The van der Waals surface area contributed by atoms with Crippen LogP contribution in [0.1, 0.15) is 21.7 Å². The standard InChI is InChI=1S/C16H12FIN4O2/c1-8-14(18)24-15(20-8)13-12-6-21(2)16(23)10-5-9(17)3-4-11(10)22(12)7-19-13/h3-5,7H,6H2,1-2H3. The van der Waals surface area contributed by atoms with E-state index in [0.717, 1.165) is 11.4 Å². The molecule has 24 heavy (non-hydrogen) atoms. The molecule has 0 aliphatic carbocycles. The Hall–Kier alpha value is -2.23. The number of hydrogen-bond donors (Lipinski definition) is 0. The molecule has 0 fully saturated rings. The number of imidazole rings is 1. The van der Waals surface area contributed by atoms with Crippen molar-refractivity contribution < 1.29 is 13.6 Å². The molecule has 0 unspecified atom stereocenters. The lowest BCUT2D eigenvalue weighted by Gasteiger charge is -2.14. The van der Waals surface area contributed by atoms with Gasteiger partial charge < -0.3 is 9.32 Å². The van der Waals surface area contributed by atoms with Crippen LogP contribution in [0.15, 0.2) is 28.9 Å². The van der Waals surface area contributed by atoms with E-state index in [9.17, 15) is 9.18 Å². The Morgan fingerprint density at radius 3 is 2.88 bits per heavy atom. The molecular weight excluding hydrogens is 426 g/mol. The van der Waals surface area contributed by atoms with E-state index in [1.165, 1.54) is 17.0 Å². The Labute approximate surface area is 150 Å². The van der Waals surface area contributed by atoms with Crippen LogP contribution >= 0.6 is 22.6 Å². The molecule has 0 N–H and O–H groups in total. The van der Waals surface area contributed by atoms with Crippen molar-refractivity contribution in [3.05, 3.63) is 51.1 Å². The summed E-state index contributed by atoms with van der Waals surface area (Å²) in [4.78, 5) is 22.9. The lowest BCUT2D eigenvalue weighted by molar-refractivity contribution is 0.0787. The molecule has 1 amide bonds. The lowest BCUT2D eigenvalue weighted by Crippen LogP contribution is -2.25. The van der Waals surface area contributed by atoms with Crippen molar-refractivity contribution in [2.75, 3.05) is 7.05 Å². The second-order valence-corrected chi connectivity index (χ2v) is 6.59. The van der Waals surface area contributed by atoms with E-state index in [-0.39, 0.29) is 5.91 Å². The monoisotopic (exact) mass is 438 g/mol. The number of oxazole rings is 1. The average Bonchev–Trinajstić information content (AvgIpc) is 3.07. The molecule has 2 aromatic heterocycles. The first-order valence-electron chi connectivity index (χ1n) is 7.20. The maximum absolute atomic E-state index is 13.6. The van der Waals surface area contributed by atoms with E-state index >= 15 is 0 Å². The van der Waals surface area contributed by atoms with E-state index in [0.29, 0.717) is 33.1 Å². The summed E-state index contributed by atoms with van der Waals surface area (Å²) in [5, 5.41) is 0. The molecule has 3 heterocycles. The first kappa shape index (κ1) is 15.3. The third kappa shape index (κ3) is 2.24. The molecule has 3 aromatic rings. The fourth-order valence-electron chi connectivity index (χ4n) is 2.78. The number of nitrogens with zero attached hydrogens (tertiary/aromatic N) is 4. The van der Waals surface area contributed by atoms with Crippen LogP contribution in [-0.4, -0.2) is 32.4 Å². The average molecular weight is 438 g/mol. The quantitative estimate of drug-likeness (QED) is 0.548. The molecule has 122 valence electrons. The van der Waals surface area contributed by atoms with Gasteiger partial charge >= 0.3 is 0 Å². The summed E-state index contributed by atoms with van der Waals surface area (Å²) in [6, 6.07) is 4.17. The summed E-state index contributed by atoms with van der Waals surface area (Å²) in [6.45, 7) is 2.18. The minimum atomic E-state index is -0.447. The number of benzene rings is 1. The van der Waals surface area contributed by atoms with Gasteiger partial charge in [0.05, 0.1) is 29.2 Å². The van der Waals surface area contributed by atoms with Gasteiger partial charge in [-0.25, -0.2) is 14.4 Å². The van der Waals surface area contributed by atoms with Crippen molar-refractivity contribution in [2.24, 2.45) is 0 Å². The van der Waals surface area contributed by atoms with Crippen molar-refractivity contribution in [3.63, 3.8) is 0 Å². The van der Waals surface area contributed by atoms with E-state index < -0.39 is 5.82 Å². The first-order chi connectivity index (χ1) is 11.5. The molecule has 1 aliphatic rings. The molecule has 8 heteroatoms. The molecule has 0 bridgehead atoms. The summed E-state index contributed by atoms with van der Waals surface area (Å²) in [5.74, 6) is -0.272. The molecular formula is C16H12FIN4O2. The fraction of sp³-hybridized carbons (Fsp3) is 0.188. The summed E-state index contributed by atoms with van der Waals surface area (Å²) < 4.78 is 21.8. The SMILES string of the molecule is Cc1nc(-c2ncn3c2CN(C)C(=O)c2cc(F)ccc2-3)oc1I. The minimum Gasteiger partial charge on any atom is -0.428 e. The van der Waals surface area contributed by atoms with Gasteiger partial charge in [-0.05, 0) is 25.1 Å². The number of rotatable bonds is 1. The van der Waals surface area contributed by atoms with Gasteiger partial charge in [0, 0.05) is 29.6 Å². The van der Waals surface area contributed by atoms with Crippen LogP contribution in [0, 0.1) is 16.5 Å². The number of halogens is 2. The third-order valence-electron chi connectivity index (χ3n) is 3.99. The van der Waals surface area contributed by atoms with Gasteiger partial charge in [0.2, 0.25) is 5.89 Å². The Bertz CT molecular complexity index is 959. The Morgan fingerprint density at radius 1 is 1.38 bits per heavy atom. The van der Waals surface area contributed by atoms with Crippen LogP contribution in [0.2, 0.25) is 0 Å². The van der Waals surface area contributed by atoms with Crippen molar-refractivity contribution in [1.29, 1.82) is 0 Å². The molecule has 0 saturated heterocycles. The predicted molar refractivity (Wildman–Crippen MR) is 92.3 cm³/mol. The normalized spacial score (nSPS) is 13.7. The van der Waals surface area contributed by atoms with Crippen LogP contribution in [-0.2, 0) is 6.54 Å². The number of carbonyl (C=O) groups excluding carboxylic acids is 1. The van der Waals surface area contributed by atoms with E-state index in [1.54, 1.807) is 24.0 Å². The summed E-state index contributed by atoms with van der Waals surface area (Å²) >= 11 is 2.07. The number of aryl methyl sites for hydroxylation is 1. The second-order valence-electron chi connectivity index (χ2n) is 5.61. The lowest BCUT2D eigenvalue weighted by atomic mass is 10.1. The number of aromatic nitrogens is 3. The van der Waals surface area contributed by atoms with Crippen molar-refractivity contribution in [3.8, 4) is 17.3 Å². The molecule has 0 spiro atoms. The Kier molecular flexibility index (Phi) is 3.44. The van der Waals surface area contributed by atoms with Gasteiger partial charge in [-0.15, -0.1) is 0 Å². The zero-order chi connectivity index (χ0) is 17.0. The van der Waals surface area contributed by atoms with E-state index in [1.807, 2.05) is 6.92 Å². The van der Waals surface area contributed by atoms with Crippen LogP contribution in [0.25, 0.3) is 17.3 Å². The number of fused-ring (bicyclic) bond motifs is 3. The van der Waals surface area contributed by atoms with Gasteiger partial charge in [0.15, 0.2) is 3.77 Å². The van der Waals surface area contributed by atoms with Crippen molar-refractivity contribution in [1.82, 2.24) is 19.4 Å². The summed E-state index contributed by atoms with van der Waals surface area (Å²) in [5.41, 5.74) is 3.04. The van der Waals surface area contributed by atoms with Crippen molar-refractivity contribution in [2.45, 2.75) is 13.5 Å². The van der Waals surface area contributed by atoms with Gasteiger partial charge in [-0.3, -0.25) is 9.36 Å². The zero-order valence-corrected chi connectivity index (χ0v) is 15.0. The number of hydrogen-bond acceptors (Lipinski definition) is 4. The highest BCUT2D eigenvalue weighted by molar-refractivity contribution is 14.1. The molecule has 0 atom stereocenters. The van der Waals surface area contributed by atoms with Crippen molar-refractivity contribution >= 4 is 28.5 Å². The minimum absolute atomic E-state index is 0.239. The highest BCUT2D eigenvalue weighted by atomic mass is 127. The third-order valence-corrected chi connectivity index (χ3v) is 4.99. The zero-order valence-electron chi connectivity index (χ0n) is 12.9. The first-order valence-corrected chi connectivity index (χ1v) is 8.28. The van der Waals surface area contributed by atoms with Gasteiger partial charge in [-0.2, -0.15) is 0 Å². The van der Waals surface area contributed by atoms with Crippen LogP contribution < -0.4 is 0 Å². The predicted octanol–water partition coefficient (Wildman–Crippen LogP) is 3.17. The Balaban J connectivity index is 1.95. The number of carbonyl (C=O) groups is 1. The van der Waals surface area contributed by atoms with Gasteiger partial charge in [0.25, 0.3) is 5.91 Å². The Morgan fingerprint density at radius 2 is 2.17 bits per heavy atom. The molecule has 6 nitrogen and oxygen atoms in total. The maximum atomic E-state index is 13.6. The topological polar surface area (TPSA) is 64.2 Å². The van der Waals surface area contributed by atoms with Crippen LogP contribution in [0.4, 0.5) is 4.39 Å². The smallest absolute Gasteiger partial charge is 0.256 e. The van der Waals surface area contributed by atoms with Crippen LogP contribution in [0.3, 0.4) is 0 Å². The molecule has 4 rings (SSSR count). The van der Waals surface area contributed by atoms with Gasteiger partial charge in [0.1, 0.15) is 17.8 Å². The van der Waals surface area contributed by atoms with Crippen LogP contribution in [0.5, 0.6) is 0 Å². The van der Waals surface area contributed by atoms with Gasteiger partial charge in [-0.1, -0.05) is 0 Å². The highest BCUT2D eigenvalue weighted by Gasteiger charge is 2.28. The number of amides is 1. The second kappa shape index (κ2) is 5.40. The molecule has 1 aromatic carbocycles. The van der Waals surface area contributed by atoms with E-state index in [2.05, 4.69) is 32.6 Å². The fourth-order valence-corrected chi connectivity index (χ4v) is 3.11. The maximum Gasteiger partial charge on any atom is 0.256 e. The summed E-state index contributed by atoms with van der Waals surface area (Å²) in [7, 11) is 1.67.